The third-order valence-corrected chi connectivity index (χ3v) is 5.84. The second-order valence-corrected chi connectivity index (χ2v) is 7.81. The lowest BCUT2D eigenvalue weighted by atomic mass is 9.84. The van der Waals surface area contributed by atoms with Gasteiger partial charge in [-0.1, -0.05) is 11.6 Å². The summed E-state index contributed by atoms with van der Waals surface area (Å²) in [5.41, 5.74) is 1.19. The second-order valence-electron chi connectivity index (χ2n) is 7.81. The fourth-order valence-electron chi connectivity index (χ4n) is 3.72. The van der Waals surface area contributed by atoms with Gasteiger partial charge in [-0.2, -0.15) is 4.98 Å². The molecule has 0 radical (unpaired) electrons. The minimum absolute atomic E-state index is 0.0260. The number of rotatable bonds is 5. The van der Waals surface area contributed by atoms with Gasteiger partial charge < -0.3 is 14.3 Å². The Kier molecular flexibility index (Phi) is 5.60. The Hall–Kier alpha value is -2.77. The lowest BCUT2D eigenvalue weighted by Crippen LogP contribution is -2.52. The molecule has 154 valence electrons. The first kappa shape index (κ1) is 19.5. The van der Waals surface area contributed by atoms with E-state index in [1.807, 2.05) is 4.90 Å². The summed E-state index contributed by atoms with van der Waals surface area (Å²) in [7, 11) is 0. The lowest BCUT2D eigenvalue weighted by Gasteiger charge is -2.38. The molecule has 8 heteroatoms. The highest BCUT2D eigenvalue weighted by Crippen LogP contribution is 2.28. The highest BCUT2D eigenvalue weighted by molar-refractivity contribution is 5.80. The third kappa shape index (κ3) is 4.31. The van der Waals surface area contributed by atoms with E-state index in [4.69, 9.17) is 4.52 Å². The Balaban J connectivity index is 1.26. The number of nitrogens with zero attached hydrogens (tertiary/aromatic N) is 4. The molecule has 0 atom stereocenters. The maximum absolute atomic E-state index is 13.4. The first-order valence-electron chi connectivity index (χ1n) is 10.2. The van der Waals surface area contributed by atoms with E-state index in [-0.39, 0.29) is 30.0 Å². The molecule has 4 rings (SSSR count). The van der Waals surface area contributed by atoms with Gasteiger partial charge in [0.05, 0.1) is 0 Å². The summed E-state index contributed by atoms with van der Waals surface area (Å²) in [6.07, 6.45) is 3.78. The highest BCUT2D eigenvalue weighted by atomic mass is 19.1. The number of aromatic nitrogens is 2. The normalized spacial score (nSPS) is 17.3. The second kappa shape index (κ2) is 8.31. The molecule has 2 amide bonds. The zero-order chi connectivity index (χ0) is 20.4. The molecule has 2 fully saturated rings. The Morgan fingerprint density at radius 3 is 2.55 bits per heavy atom. The molecular formula is C21H25FN4O3. The SMILES string of the molecule is Cc1cc(-c2noc(CCC(=O)N3CCN(C(=O)C4CCC4)CC3)n2)ccc1F. The van der Waals surface area contributed by atoms with Gasteiger partial charge in [0.25, 0.3) is 0 Å². The zero-order valence-electron chi connectivity index (χ0n) is 16.6. The van der Waals surface area contributed by atoms with Crippen molar-refractivity contribution in [3.63, 3.8) is 0 Å². The van der Waals surface area contributed by atoms with Crippen molar-refractivity contribution in [2.75, 3.05) is 26.2 Å². The summed E-state index contributed by atoms with van der Waals surface area (Å²) in [5, 5.41) is 3.93. The number of hydrogen-bond acceptors (Lipinski definition) is 5. The molecule has 1 aliphatic carbocycles. The van der Waals surface area contributed by atoms with Gasteiger partial charge in [0.1, 0.15) is 5.82 Å². The van der Waals surface area contributed by atoms with Gasteiger partial charge in [-0.25, -0.2) is 4.39 Å². The molecular weight excluding hydrogens is 375 g/mol. The van der Waals surface area contributed by atoms with Crippen LogP contribution in [0.1, 0.15) is 37.1 Å². The van der Waals surface area contributed by atoms with Crippen LogP contribution in [0.5, 0.6) is 0 Å². The number of amides is 2. The van der Waals surface area contributed by atoms with Crippen LogP contribution in [0, 0.1) is 18.7 Å². The lowest BCUT2D eigenvalue weighted by molar-refractivity contribution is -0.144. The van der Waals surface area contributed by atoms with Crippen LogP contribution in [0.15, 0.2) is 22.7 Å². The van der Waals surface area contributed by atoms with Gasteiger partial charge >= 0.3 is 0 Å². The van der Waals surface area contributed by atoms with E-state index in [2.05, 4.69) is 10.1 Å². The van der Waals surface area contributed by atoms with E-state index >= 15 is 0 Å². The molecule has 7 nitrogen and oxygen atoms in total. The van der Waals surface area contributed by atoms with Crippen molar-refractivity contribution < 1.29 is 18.5 Å². The molecule has 1 aromatic heterocycles. The average Bonchev–Trinajstić information content (AvgIpc) is 3.16. The van der Waals surface area contributed by atoms with E-state index in [1.54, 1.807) is 24.0 Å². The van der Waals surface area contributed by atoms with Crippen LogP contribution in [0.3, 0.4) is 0 Å². The Bertz CT molecular complexity index is 901. The minimum atomic E-state index is -0.280. The Labute approximate surface area is 168 Å². The molecule has 2 aliphatic rings. The maximum atomic E-state index is 13.4. The molecule has 2 aromatic rings. The number of piperazine rings is 1. The number of benzene rings is 1. The molecule has 0 unspecified atom stereocenters. The Morgan fingerprint density at radius 1 is 1.17 bits per heavy atom. The fourth-order valence-corrected chi connectivity index (χ4v) is 3.72. The highest BCUT2D eigenvalue weighted by Gasteiger charge is 2.32. The summed E-state index contributed by atoms with van der Waals surface area (Å²) in [4.78, 5) is 32.8. The molecule has 29 heavy (non-hydrogen) atoms. The van der Waals surface area contributed by atoms with Crippen molar-refractivity contribution in [2.45, 2.75) is 39.0 Å². The van der Waals surface area contributed by atoms with Crippen LogP contribution in [-0.4, -0.2) is 57.9 Å². The van der Waals surface area contributed by atoms with E-state index in [0.717, 1.165) is 19.3 Å². The summed E-state index contributed by atoms with van der Waals surface area (Å²) in [6.45, 7) is 4.03. The largest absolute Gasteiger partial charge is 0.339 e. The van der Waals surface area contributed by atoms with Crippen molar-refractivity contribution in [1.29, 1.82) is 0 Å². The van der Waals surface area contributed by atoms with E-state index < -0.39 is 0 Å². The van der Waals surface area contributed by atoms with Gasteiger partial charge in [-0.15, -0.1) is 0 Å². The molecule has 1 saturated heterocycles. The maximum Gasteiger partial charge on any atom is 0.227 e. The smallest absolute Gasteiger partial charge is 0.227 e. The van der Waals surface area contributed by atoms with Crippen LogP contribution < -0.4 is 0 Å². The topological polar surface area (TPSA) is 79.5 Å². The van der Waals surface area contributed by atoms with Gasteiger partial charge in [-0.3, -0.25) is 9.59 Å². The van der Waals surface area contributed by atoms with Gasteiger partial charge in [0.15, 0.2) is 0 Å². The summed E-state index contributed by atoms with van der Waals surface area (Å²) in [6, 6.07) is 4.64. The van der Waals surface area contributed by atoms with E-state index in [1.165, 1.54) is 6.07 Å². The van der Waals surface area contributed by atoms with Crippen molar-refractivity contribution in [2.24, 2.45) is 5.92 Å². The van der Waals surface area contributed by atoms with Crippen molar-refractivity contribution >= 4 is 11.8 Å². The van der Waals surface area contributed by atoms with E-state index in [9.17, 15) is 14.0 Å². The predicted molar refractivity (Wildman–Crippen MR) is 103 cm³/mol. The van der Waals surface area contributed by atoms with E-state index in [0.29, 0.717) is 55.4 Å². The number of carbonyl (C=O) groups excluding carboxylic acids is 2. The summed E-state index contributed by atoms with van der Waals surface area (Å²) >= 11 is 0. The fraction of sp³-hybridized carbons (Fsp3) is 0.524. The standard InChI is InChI=1S/C21H25FN4O3/c1-14-13-16(5-6-17(14)22)20-23-18(29-24-20)7-8-19(27)25-9-11-26(12-10-25)21(28)15-3-2-4-15/h5-6,13,15H,2-4,7-12H2,1H3. The first-order valence-corrected chi connectivity index (χ1v) is 10.2. The Morgan fingerprint density at radius 2 is 1.90 bits per heavy atom. The molecule has 0 bridgehead atoms. The molecule has 0 N–H and O–H groups in total. The summed E-state index contributed by atoms with van der Waals surface area (Å²) in [5.74, 6) is 0.968. The number of hydrogen-bond donors (Lipinski definition) is 0. The number of halogens is 1. The third-order valence-electron chi connectivity index (χ3n) is 5.84. The summed E-state index contributed by atoms with van der Waals surface area (Å²) < 4.78 is 18.6. The van der Waals surface area contributed by atoms with Crippen LogP contribution in [-0.2, 0) is 16.0 Å². The van der Waals surface area contributed by atoms with Crippen molar-refractivity contribution in [1.82, 2.24) is 19.9 Å². The van der Waals surface area contributed by atoms with Crippen molar-refractivity contribution in [3.05, 3.63) is 35.5 Å². The van der Waals surface area contributed by atoms with Crippen LogP contribution in [0.4, 0.5) is 4.39 Å². The van der Waals surface area contributed by atoms with Gasteiger partial charge in [0.2, 0.25) is 23.5 Å². The molecule has 1 aliphatic heterocycles. The molecule has 0 spiro atoms. The first-order chi connectivity index (χ1) is 14.0. The van der Waals surface area contributed by atoms with Crippen LogP contribution in [0.25, 0.3) is 11.4 Å². The van der Waals surface area contributed by atoms with Crippen molar-refractivity contribution in [3.8, 4) is 11.4 Å². The average molecular weight is 400 g/mol. The van der Waals surface area contributed by atoms with Crippen LogP contribution >= 0.6 is 0 Å². The van der Waals surface area contributed by atoms with Crippen LogP contribution in [0.2, 0.25) is 0 Å². The molecule has 1 aromatic carbocycles. The quantitative estimate of drug-likeness (QED) is 0.771. The predicted octanol–water partition coefficient (Wildman–Crippen LogP) is 2.59. The monoisotopic (exact) mass is 400 g/mol. The molecule has 2 heterocycles. The zero-order valence-corrected chi connectivity index (χ0v) is 16.6. The number of aryl methyl sites for hydroxylation is 2. The number of carbonyl (C=O) groups is 2. The molecule has 1 saturated carbocycles. The van der Waals surface area contributed by atoms with Gasteiger partial charge in [-0.05, 0) is 43.5 Å². The van der Waals surface area contributed by atoms with Gasteiger partial charge in [0, 0.05) is 50.5 Å². The minimum Gasteiger partial charge on any atom is -0.339 e.